The molecule has 1 aromatic heterocycles. The molecule has 1 saturated heterocycles. The average molecular weight is 346 g/mol. The first-order valence-electron chi connectivity index (χ1n) is 8.84. The van der Waals surface area contributed by atoms with Gasteiger partial charge in [-0.15, -0.1) is 0 Å². The van der Waals surface area contributed by atoms with Crippen molar-refractivity contribution in [3.8, 4) is 5.69 Å². The lowest BCUT2D eigenvalue weighted by molar-refractivity contribution is 0.159. The molecule has 2 aromatic rings. The van der Waals surface area contributed by atoms with E-state index in [1.165, 1.54) is 17.7 Å². The maximum atomic E-state index is 13.1. The second-order valence-corrected chi connectivity index (χ2v) is 6.70. The van der Waals surface area contributed by atoms with Gasteiger partial charge in [0.1, 0.15) is 5.82 Å². The Morgan fingerprint density at radius 3 is 2.76 bits per heavy atom. The van der Waals surface area contributed by atoms with E-state index in [2.05, 4.69) is 22.2 Å². The third kappa shape index (κ3) is 4.26. The molecule has 136 valence electrons. The zero-order chi connectivity index (χ0) is 17.8. The predicted octanol–water partition coefficient (Wildman–Crippen LogP) is 2.44. The van der Waals surface area contributed by atoms with E-state index in [0.717, 1.165) is 56.3 Å². The van der Waals surface area contributed by atoms with Gasteiger partial charge in [-0.05, 0) is 51.1 Å². The number of hydrogen-bond donors (Lipinski definition) is 1. The summed E-state index contributed by atoms with van der Waals surface area (Å²) in [5.41, 5.74) is 4.23. The summed E-state index contributed by atoms with van der Waals surface area (Å²) in [6.07, 6.45) is 1.16. The number of methoxy groups -OCH3 is 1. The Bertz CT molecular complexity index is 698. The Morgan fingerprint density at radius 2 is 2.04 bits per heavy atom. The molecule has 5 nitrogen and oxygen atoms in total. The lowest BCUT2D eigenvalue weighted by atomic mass is 10.1. The van der Waals surface area contributed by atoms with Gasteiger partial charge in [0.15, 0.2) is 0 Å². The zero-order valence-electron chi connectivity index (χ0n) is 15.3. The number of aryl methyl sites for hydroxylation is 1. The molecule has 1 aromatic carbocycles. The third-order valence-corrected chi connectivity index (χ3v) is 4.96. The van der Waals surface area contributed by atoms with Crippen molar-refractivity contribution in [2.24, 2.45) is 0 Å². The number of likely N-dealkylation sites (tertiary alicyclic amines) is 1. The van der Waals surface area contributed by atoms with Gasteiger partial charge in [-0.2, -0.15) is 5.10 Å². The maximum Gasteiger partial charge on any atom is 0.123 e. The van der Waals surface area contributed by atoms with Crippen molar-refractivity contribution in [3.63, 3.8) is 0 Å². The summed E-state index contributed by atoms with van der Waals surface area (Å²) >= 11 is 0. The van der Waals surface area contributed by atoms with Crippen molar-refractivity contribution < 1.29 is 9.13 Å². The van der Waals surface area contributed by atoms with E-state index in [9.17, 15) is 4.39 Å². The minimum absolute atomic E-state index is 0.230. The lowest BCUT2D eigenvalue weighted by Gasteiger charge is -2.16. The van der Waals surface area contributed by atoms with Crippen molar-refractivity contribution in [2.45, 2.75) is 32.9 Å². The average Bonchev–Trinajstić information content (AvgIpc) is 3.17. The number of benzene rings is 1. The summed E-state index contributed by atoms with van der Waals surface area (Å²) in [4.78, 5) is 2.43. The van der Waals surface area contributed by atoms with Crippen LogP contribution < -0.4 is 5.32 Å². The highest BCUT2D eigenvalue weighted by atomic mass is 19.1. The molecule has 0 bridgehead atoms. The van der Waals surface area contributed by atoms with E-state index in [-0.39, 0.29) is 5.82 Å². The van der Waals surface area contributed by atoms with Gasteiger partial charge < -0.3 is 10.1 Å². The van der Waals surface area contributed by atoms with Crippen LogP contribution in [0, 0.1) is 19.7 Å². The summed E-state index contributed by atoms with van der Waals surface area (Å²) in [6, 6.07) is 6.96. The Balaban J connectivity index is 1.63. The van der Waals surface area contributed by atoms with Crippen molar-refractivity contribution in [1.29, 1.82) is 0 Å². The standard InChI is InChI=1S/C19H27FN4O/c1-14-19(12-21-17-8-9-23(13-17)10-11-25-3)15(2)24(22-14)18-6-4-16(20)5-7-18/h4-7,17,21H,8-13H2,1-3H3. The van der Waals surface area contributed by atoms with Crippen LogP contribution in [0.4, 0.5) is 4.39 Å². The minimum Gasteiger partial charge on any atom is -0.383 e. The number of ether oxygens (including phenoxy) is 1. The van der Waals surface area contributed by atoms with Crippen molar-refractivity contribution in [1.82, 2.24) is 20.0 Å². The molecule has 0 aliphatic carbocycles. The first-order valence-corrected chi connectivity index (χ1v) is 8.84. The largest absolute Gasteiger partial charge is 0.383 e. The molecule has 0 radical (unpaired) electrons. The highest BCUT2D eigenvalue weighted by Crippen LogP contribution is 2.19. The fraction of sp³-hybridized carbons (Fsp3) is 0.526. The topological polar surface area (TPSA) is 42.3 Å². The van der Waals surface area contributed by atoms with Crippen LogP contribution in [0.25, 0.3) is 5.69 Å². The highest BCUT2D eigenvalue weighted by Gasteiger charge is 2.22. The normalized spacial score (nSPS) is 18.2. The number of halogens is 1. The first kappa shape index (κ1) is 18.0. The van der Waals surface area contributed by atoms with Crippen LogP contribution in [0.3, 0.4) is 0 Å². The van der Waals surface area contributed by atoms with Crippen molar-refractivity contribution in [2.75, 3.05) is 33.4 Å². The van der Waals surface area contributed by atoms with E-state index in [1.807, 2.05) is 11.6 Å². The smallest absolute Gasteiger partial charge is 0.123 e. The number of nitrogens with zero attached hydrogens (tertiary/aromatic N) is 3. The second-order valence-electron chi connectivity index (χ2n) is 6.70. The molecule has 0 spiro atoms. The Hall–Kier alpha value is -1.76. The summed E-state index contributed by atoms with van der Waals surface area (Å²) in [7, 11) is 1.75. The molecule has 1 unspecified atom stereocenters. The SMILES string of the molecule is COCCN1CCC(NCc2c(C)nn(-c3ccc(F)cc3)c2C)C1. The van der Waals surface area contributed by atoms with Crippen molar-refractivity contribution in [3.05, 3.63) is 47.0 Å². The quantitative estimate of drug-likeness (QED) is 0.836. The van der Waals surface area contributed by atoms with Crippen LogP contribution in [0.1, 0.15) is 23.4 Å². The van der Waals surface area contributed by atoms with Crippen LogP contribution in [-0.4, -0.2) is 54.1 Å². The summed E-state index contributed by atoms with van der Waals surface area (Å²) in [6.45, 7) is 8.87. The molecular weight excluding hydrogens is 319 g/mol. The van der Waals surface area contributed by atoms with Crippen LogP contribution in [0.5, 0.6) is 0 Å². The van der Waals surface area contributed by atoms with Gasteiger partial charge in [-0.1, -0.05) is 0 Å². The van der Waals surface area contributed by atoms with Gasteiger partial charge in [0.2, 0.25) is 0 Å². The molecule has 25 heavy (non-hydrogen) atoms. The number of nitrogens with one attached hydrogen (secondary N) is 1. The molecule has 1 fully saturated rings. The monoisotopic (exact) mass is 346 g/mol. The predicted molar refractivity (Wildman–Crippen MR) is 96.6 cm³/mol. The fourth-order valence-electron chi connectivity index (χ4n) is 3.43. The van der Waals surface area contributed by atoms with Crippen LogP contribution in [0.15, 0.2) is 24.3 Å². The Morgan fingerprint density at radius 1 is 1.28 bits per heavy atom. The molecule has 0 saturated carbocycles. The lowest BCUT2D eigenvalue weighted by Crippen LogP contribution is -2.33. The van der Waals surface area contributed by atoms with Crippen molar-refractivity contribution >= 4 is 0 Å². The second kappa shape index (κ2) is 8.08. The summed E-state index contributed by atoms with van der Waals surface area (Å²) in [5.74, 6) is -0.230. The Kier molecular flexibility index (Phi) is 5.83. The van der Waals surface area contributed by atoms with Gasteiger partial charge in [0, 0.05) is 44.0 Å². The van der Waals surface area contributed by atoms with E-state index >= 15 is 0 Å². The highest BCUT2D eigenvalue weighted by molar-refractivity contribution is 5.37. The first-order chi connectivity index (χ1) is 12.1. The van der Waals surface area contributed by atoms with Gasteiger partial charge in [0.25, 0.3) is 0 Å². The van der Waals surface area contributed by atoms with Gasteiger partial charge in [0.05, 0.1) is 18.0 Å². The minimum atomic E-state index is -0.230. The van der Waals surface area contributed by atoms with E-state index in [1.54, 1.807) is 19.2 Å². The molecule has 1 aliphatic heterocycles. The summed E-state index contributed by atoms with van der Waals surface area (Å²) < 4.78 is 20.2. The zero-order valence-corrected chi connectivity index (χ0v) is 15.3. The van der Waals surface area contributed by atoms with E-state index in [0.29, 0.717) is 6.04 Å². The molecule has 0 amide bonds. The van der Waals surface area contributed by atoms with Gasteiger partial charge in [-0.3, -0.25) is 4.90 Å². The van der Waals surface area contributed by atoms with Crippen LogP contribution >= 0.6 is 0 Å². The fourth-order valence-corrected chi connectivity index (χ4v) is 3.43. The third-order valence-electron chi connectivity index (χ3n) is 4.96. The van der Waals surface area contributed by atoms with Crippen LogP contribution in [-0.2, 0) is 11.3 Å². The van der Waals surface area contributed by atoms with E-state index in [4.69, 9.17) is 4.74 Å². The van der Waals surface area contributed by atoms with Gasteiger partial charge >= 0.3 is 0 Å². The molecule has 3 rings (SSSR count). The number of aromatic nitrogens is 2. The molecule has 2 heterocycles. The van der Waals surface area contributed by atoms with Gasteiger partial charge in [-0.25, -0.2) is 9.07 Å². The number of hydrogen-bond acceptors (Lipinski definition) is 4. The molecule has 1 N–H and O–H groups in total. The molecule has 1 atom stereocenters. The van der Waals surface area contributed by atoms with Crippen LogP contribution in [0.2, 0.25) is 0 Å². The molecular formula is C19H27FN4O. The molecule has 6 heteroatoms. The maximum absolute atomic E-state index is 13.1. The molecule has 1 aliphatic rings. The van der Waals surface area contributed by atoms with E-state index < -0.39 is 0 Å². The summed E-state index contributed by atoms with van der Waals surface area (Å²) in [5, 5.41) is 8.30. The number of rotatable bonds is 7. The Labute approximate surface area is 148 Å².